The van der Waals surface area contributed by atoms with Gasteiger partial charge in [-0.2, -0.15) is 0 Å². The van der Waals surface area contributed by atoms with Gasteiger partial charge in [-0.1, -0.05) is 23.8 Å². The van der Waals surface area contributed by atoms with Gasteiger partial charge in [0.2, 0.25) is 11.8 Å². The number of unbranched alkanes of at least 4 members (excludes halogenated alkanes) is 1. The predicted octanol–water partition coefficient (Wildman–Crippen LogP) is 4.97. The maximum absolute atomic E-state index is 13.8. The lowest BCUT2D eigenvalue weighted by Crippen LogP contribution is -2.34. The number of methoxy groups -OCH3 is 1. The fourth-order valence-electron chi connectivity index (χ4n) is 7.55. The lowest BCUT2D eigenvalue weighted by molar-refractivity contribution is -0.119. The Bertz CT molecular complexity index is 2130. The van der Waals surface area contributed by atoms with E-state index in [0.29, 0.717) is 73.2 Å². The molecule has 0 saturated heterocycles. The largest absolute Gasteiger partial charge is 0.507 e. The number of fused-ring (bicyclic) bond motifs is 5. The zero-order valence-corrected chi connectivity index (χ0v) is 29.9. The van der Waals surface area contributed by atoms with E-state index in [-0.39, 0.29) is 29.5 Å². The van der Waals surface area contributed by atoms with E-state index >= 15 is 0 Å². The Kier molecular flexibility index (Phi) is 10.1. The van der Waals surface area contributed by atoms with Crippen LogP contribution in [0.2, 0.25) is 0 Å². The maximum atomic E-state index is 13.8. The van der Waals surface area contributed by atoms with Gasteiger partial charge in [0.15, 0.2) is 11.5 Å². The van der Waals surface area contributed by atoms with E-state index in [1.165, 1.54) is 12.7 Å². The average molecular weight is 725 g/mol. The first kappa shape index (κ1) is 35.3. The Balaban J connectivity index is 0.982. The van der Waals surface area contributed by atoms with Crippen molar-refractivity contribution in [2.75, 3.05) is 43.0 Å². The summed E-state index contributed by atoms with van der Waals surface area (Å²) in [7, 11) is 1.52. The number of halogens is 1. The summed E-state index contributed by atoms with van der Waals surface area (Å²) in [5, 5.41) is 24.3. The number of aliphatic hydroxyl groups excluding tert-OH is 1. The molecule has 2 atom stereocenters. The van der Waals surface area contributed by atoms with E-state index in [1.54, 1.807) is 46.3 Å². The number of rotatable bonds is 11. The fraction of sp³-hybridized carbons (Fsp3) is 0.350. The predicted molar refractivity (Wildman–Crippen MR) is 201 cm³/mol. The van der Waals surface area contributed by atoms with Crippen molar-refractivity contribution >= 4 is 69.8 Å². The summed E-state index contributed by atoms with van der Waals surface area (Å²) in [4.78, 5) is 46.8. The van der Waals surface area contributed by atoms with Gasteiger partial charge < -0.3 is 34.8 Å². The number of hydrogen-bond acceptors (Lipinski definition) is 8. The highest BCUT2D eigenvalue weighted by Crippen LogP contribution is 2.40. The van der Waals surface area contributed by atoms with Crippen LogP contribution in [0.5, 0.6) is 17.2 Å². The molecule has 0 fully saturated rings. The van der Waals surface area contributed by atoms with Crippen LogP contribution in [-0.2, 0) is 9.59 Å². The summed E-state index contributed by atoms with van der Waals surface area (Å²) in [5.41, 5.74) is 6.37. The monoisotopic (exact) mass is 724 g/mol. The Morgan fingerprint density at radius 1 is 1.12 bits per heavy atom. The number of ether oxygens (including phenoxy) is 2. The molecule has 0 aromatic heterocycles. The molecular weight excluding hydrogens is 684 g/mol. The van der Waals surface area contributed by atoms with Crippen LogP contribution in [0.15, 0.2) is 53.7 Å². The molecule has 7 rings (SSSR count). The van der Waals surface area contributed by atoms with Crippen molar-refractivity contribution in [2.45, 2.75) is 57.4 Å². The third-order valence-electron chi connectivity index (χ3n) is 10.2. The van der Waals surface area contributed by atoms with Crippen LogP contribution in [0.4, 0.5) is 17.1 Å². The molecule has 3 aromatic carbocycles. The van der Waals surface area contributed by atoms with E-state index in [0.717, 1.165) is 45.7 Å². The van der Waals surface area contributed by atoms with Gasteiger partial charge in [-0.05, 0) is 72.7 Å². The van der Waals surface area contributed by atoms with Crippen LogP contribution >= 0.6 is 11.6 Å². The van der Waals surface area contributed by atoms with E-state index in [2.05, 4.69) is 23.3 Å². The zero-order valence-electron chi connectivity index (χ0n) is 29.2. The van der Waals surface area contributed by atoms with Crippen LogP contribution in [0.3, 0.4) is 0 Å². The number of benzene rings is 3. The summed E-state index contributed by atoms with van der Waals surface area (Å²) < 4.78 is 11.7. The highest BCUT2D eigenvalue weighted by molar-refractivity contribution is 6.18. The summed E-state index contributed by atoms with van der Waals surface area (Å²) in [5.74, 6) is 0.778. The number of nitrogens with zero attached hydrogens (tertiary/aromatic N) is 3. The molecule has 0 saturated carbocycles. The number of phenols is 1. The average Bonchev–Trinajstić information content (AvgIpc) is 3.72. The Morgan fingerprint density at radius 2 is 1.92 bits per heavy atom. The number of alkyl halides is 1. The van der Waals surface area contributed by atoms with Gasteiger partial charge in [-0.15, -0.1) is 11.6 Å². The van der Waals surface area contributed by atoms with Crippen molar-refractivity contribution < 1.29 is 34.1 Å². The highest BCUT2D eigenvalue weighted by Gasteiger charge is 2.35. The Hall–Kier alpha value is -5.13. The summed E-state index contributed by atoms with van der Waals surface area (Å²) in [6.45, 7) is 2.34. The van der Waals surface area contributed by atoms with Crippen molar-refractivity contribution in [1.82, 2.24) is 4.90 Å². The van der Waals surface area contributed by atoms with Gasteiger partial charge in [0.05, 0.1) is 36.7 Å². The molecule has 3 amide bonds. The molecule has 0 spiro atoms. The second-order valence-electron chi connectivity index (χ2n) is 13.5. The van der Waals surface area contributed by atoms with Crippen molar-refractivity contribution in [3.05, 3.63) is 75.8 Å². The lowest BCUT2D eigenvalue weighted by Gasteiger charge is -2.19. The molecule has 0 bridgehead atoms. The number of aliphatic imine (C=N–C) groups is 1. The minimum atomic E-state index is -0.591. The molecule has 270 valence electrons. The summed E-state index contributed by atoms with van der Waals surface area (Å²) >= 11 is 6.40. The third-order valence-corrected chi connectivity index (χ3v) is 10.6. The molecule has 11 nitrogen and oxygen atoms in total. The highest BCUT2D eigenvalue weighted by atomic mass is 35.5. The molecule has 4 aliphatic rings. The molecule has 1 aliphatic carbocycles. The Morgan fingerprint density at radius 3 is 2.67 bits per heavy atom. The van der Waals surface area contributed by atoms with E-state index in [4.69, 9.17) is 26.2 Å². The quantitative estimate of drug-likeness (QED) is 0.188. The zero-order chi connectivity index (χ0) is 36.5. The second-order valence-corrected chi connectivity index (χ2v) is 13.8. The number of carbonyl (C=O) groups is 3. The number of carbonyl (C=O) groups excluding carboxylic acids is 3. The van der Waals surface area contributed by atoms with Crippen molar-refractivity contribution in [1.29, 1.82) is 0 Å². The van der Waals surface area contributed by atoms with Gasteiger partial charge in [-0.25, -0.2) is 0 Å². The van der Waals surface area contributed by atoms with Crippen molar-refractivity contribution in [2.24, 2.45) is 4.99 Å². The van der Waals surface area contributed by atoms with Gasteiger partial charge in [0.1, 0.15) is 12.4 Å². The normalized spacial score (nSPS) is 18.5. The van der Waals surface area contributed by atoms with Crippen molar-refractivity contribution in [3.63, 3.8) is 0 Å². The molecule has 3 N–H and O–H groups in total. The van der Waals surface area contributed by atoms with Crippen LogP contribution in [0.25, 0.3) is 17.2 Å². The van der Waals surface area contributed by atoms with Gasteiger partial charge in [-0.3, -0.25) is 19.4 Å². The molecule has 12 heteroatoms. The second kappa shape index (κ2) is 14.8. The van der Waals surface area contributed by atoms with Crippen LogP contribution < -0.4 is 30.1 Å². The third kappa shape index (κ3) is 6.66. The SMILES string of the molecule is COc1cc2c(cc1OCCCCC(=O)N1C[C@@H](CCl)c3c1cc(O)c1c3=C(C)CCC=1)N=C[C@@H]1CC(c3ccc(NC(=O)CO)cc3)=CN1C2=O. The van der Waals surface area contributed by atoms with E-state index in [1.807, 2.05) is 18.3 Å². The topological polar surface area (TPSA) is 141 Å². The first-order valence-electron chi connectivity index (χ1n) is 17.6. The first-order valence-corrected chi connectivity index (χ1v) is 18.1. The van der Waals surface area contributed by atoms with Gasteiger partial charge >= 0.3 is 0 Å². The van der Waals surface area contributed by atoms with Crippen LogP contribution in [0.1, 0.15) is 72.9 Å². The number of nitrogens with one attached hydrogen (secondary N) is 1. The molecular formula is C40H41ClN4O7. The van der Waals surface area contributed by atoms with Gasteiger partial charge in [0.25, 0.3) is 5.91 Å². The van der Waals surface area contributed by atoms with Crippen molar-refractivity contribution in [3.8, 4) is 17.2 Å². The molecule has 3 aliphatic heterocycles. The minimum absolute atomic E-state index is 0.0109. The number of aromatic hydroxyl groups is 1. The Labute approximate surface area is 306 Å². The number of aliphatic hydroxyl groups is 1. The number of hydrogen-bond donors (Lipinski definition) is 3. The van der Waals surface area contributed by atoms with E-state index in [9.17, 15) is 19.5 Å². The number of anilines is 2. The fourth-order valence-corrected chi connectivity index (χ4v) is 7.81. The number of amides is 3. The van der Waals surface area contributed by atoms with Crippen LogP contribution in [0, 0.1) is 0 Å². The smallest absolute Gasteiger partial charge is 0.260 e. The molecule has 3 heterocycles. The molecule has 0 unspecified atom stereocenters. The summed E-state index contributed by atoms with van der Waals surface area (Å²) in [6.07, 6.45) is 9.59. The number of phenolic OH excluding ortho intramolecular Hbond substituents is 1. The first-order chi connectivity index (χ1) is 25.2. The molecule has 52 heavy (non-hydrogen) atoms. The molecule has 3 aromatic rings. The van der Waals surface area contributed by atoms with Crippen LogP contribution in [-0.4, -0.2) is 77.8 Å². The lowest BCUT2D eigenvalue weighted by atomic mass is 9.91. The minimum Gasteiger partial charge on any atom is -0.507 e. The molecule has 0 radical (unpaired) electrons. The summed E-state index contributed by atoms with van der Waals surface area (Å²) in [6, 6.07) is 12.1. The van der Waals surface area contributed by atoms with E-state index < -0.39 is 12.5 Å². The van der Waals surface area contributed by atoms with Gasteiger partial charge in [0, 0.05) is 66.6 Å². The standard InChI is InChI=1S/C40H41ClN4O7/c1-23-6-5-7-29-33(47)17-32-39(38(23)29)26(18-41)21-45(32)37(49)8-3-4-13-52-35-16-31-30(15-34(35)51-2)40(50)44-20-25(14-28(44)19-42-31)24-9-11-27(12-10-24)43-36(48)22-46/h7,9-12,15-17,19-20,26,28,46-47H,3-6,8,13-14,18,21-22H2,1-2H3,(H,43,48)/t26-,28+/m1/s1. The maximum Gasteiger partial charge on any atom is 0.260 e.